The third-order valence-corrected chi connectivity index (χ3v) is 5.38. The lowest BCUT2D eigenvalue weighted by Gasteiger charge is -2.08. The molecule has 0 aliphatic carbocycles. The van der Waals surface area contributed by atoms with Gasteiger partial charge in [0.15, 0.2) is 0 Å². The average Bonchev–Trinajstić information content (AvgIpc) is 2.87. The number of hydrogen-bond acceptors (Lipinski definition) is 7. The number of esters is 2. The molecular weight excluding hydrogens is 434 g/mol. The van der Waals surface area contributed by atoms with Gasteiger partial charge >= 0.3 is 11.9 Å². The van der Waals surface area contributed by atoms with E-state index in [1.165, 1.54) is 58.1 Å². The number of carbonyl (C=O) groups is 3. The topological polar surface area (TPSA) is 103 Å². The number of carbonyl (C=O) groups excluding carboxylic acids is 3. The third kappa shape index (κ3) is 8.23. The standard InChI is InChI=1S/C27H33NO6/c1-4-5-6-7-8-9-12-23(29)15-14-22-11-10-13-24(28-22)25(30)19-16-20(26(31)33-2)18-21(17-19)27(32)34-3/h10-11,13-18,23,29H,4-9,12H2,1-3H3/b15-14+/t23-/m0/s1. The number of nitrogens with zero attached hydrogens (tertiary/aromatic N) is 1. The van der Waals surface area contributed by atoms with Gasteiger partial charge in [0.2, 0.25) is 5.78 Å². The fourth-order valence-electron chi connectivity index (χ4n) is 3.49. The second-order valence-corrected chi connectivity index (χ2v) is 8.04. The number of aliphatic hydroxyl groups excluding tert-OH is 1. The molecule has 1 atom stereocenters. The molecule has 1 N–H and O–H groups in total. The second kappa shape index (κ2) is 14.1. The van der Waals surface area contributed by atoms with E-state index in [4.69, 9.17) is 9.47 Å². The molecule has 0 radical (unpaired) electrons. The van der Waals surface area contributed by atoms with Crippen molar-refractivity contribution >= 4 is 23.8 Å². The quantitative estimate of drug-likeness (QED) is 0.251. The highest BCUT2D eigenvalue weighted by Gasteiger charge is 2.19. The first-order valence-corrected chi connectivity index (χ1v) is 11.6. The monoisotopic (exact) mass is 467 g/mol. The van der Waals surface area contributed by atoms with Crippen LogP contribution in [0, 0.1) is 0 Å². The number of unbranched alkanes of at least 4 members (excludes halogenated alkanes) is 5. The molecule has 0 saturated carbocycles. The Morgan fingerprint density at radius 1 is 0.912 bits per heavy atom. The van der Waals surface area contributed by atoms with Crippen LogP contribution < -0.4 is 0 Å². The van der Waals surface area contributed by atoms with Crippen LogP contribution in [0.25, 0.3) is 6.08 Å². The van der Waals surface area contributed by atoms with Crippen molar-refractivity contribution in [2.24, 2.45) is 0 Å². The zero-order valence-corrected chi connectivity index (χ0v) is 20.1. The van der Waals surface area contributed by atoms with E-state index in [1.807, 2.05) is 0 Å². The number of methoxy groups -OCH3 is 2. The predicted molar refractivity (Wildman–Crippen MR) is 130 cm³/mol. The minimum Gasteiger partial charge on any atom is -0.465 e. The van der Waals surface area contributed by atoms with Gasteiger partial charge in [-0.15, -0.1) is 0 Å². The summed E-state index contributed by atoms with van der Waals surface area (Å²) in [5.41, 5.74) is 0.890. The van der Waals surface area contributed by atoms with Gasteiger partial charge in [-0.25, -0.2) is 14.6 Å². The van der Waals surface area contributed by atoms with Gasteiger partial charge in [0.1, 0.15) is 5.69 Å². The van der Waals surface area contributed by atoms with Gasteiger partial charge in [0.25, 0.3) is 0 Å². The number of ether oxygens (including phenoxy) is 2. The molecule has 2 aromatic rings. The Bertz CT molecular complexity index is 980. The van der Waals surface area contributed by atoms with E-state index in [1.54, 1.807) is 30.4 Å². The summed E-state index contributed by atoms with van der Waals surface area (Å²) in [5.74, 6) is -1.81. The van der Waals surface area contributed by atoms with Gasteiger partial charge < -0.3 is 14.6 Å². The Hall–Kier alpha value is -3.32. The minimum atomic E-state index is -0.677. The van der Waals surface area contributed by atoms with Crippen LogP contribution in [0.15, 0.2) is 42.5 Å². The molecule has 7 heteroatoms. The maximum Gasteiger partial charge on any atom is 0.337 e. The summed E-state index contributed by atoms with van der Waals surface area (Å²) in [6.45, 7) is 2.18. The first kappa shape index (κ1) is 26.9. The highest BCUT2D eigenvalue weighted by molar-refractivity contribution is 6.10. The highest BCUT2D eigenvalue weighted by Crippen LogP contribution is 2.17. The maximum atomic E-state index is 13.1. The lowest BCUT2D eigenvalue weighted by Crippen LogP contribution is -2.11. The van der Waals surface area contributed by atoms with Crippen molar-refractivity contribution in [2.75, 3.05) is 14.2 Å². The molecule has 1 heterocycles. The van der Waals surface area contributed by atoms with E-state index in [2.05, 4.69) is 11.9 Å². The van der Waals surface area contributed by atoms with Crippen molar-refractivity contribution in [3.05, 3.63) is 70.6 Å². The fourth-order valence-corrected chi connectivity index (χ4v) is 3.49. The van der Waals surface area contributed by atoms with E-state index in [0.29, 0.717) is 12.1 Å². The predicted octanol–water partition coefficient (Wildman–Crippen LogP) is 5.01. The largest absolute Gasteiger partial charge is 0.465 e. The van der Waals surface area contributed by atoms with Crippen molar-refractivity contribution in [2.45, 2.75) is 58.0 Å². The molecule has 0 aliphatic heterocycles. The SMILES string of the molecule is CCCCCCCC[C@H](O)/C=C/c1cccc(C(=O)c2cc(C(=O)OC)cc(C(=O)OC)c2)n1. The van der Waals surface area contributed by atoms with Gasteiger partial charge in [0.05, 0.1) is 37.1 Å². The lowest BCUT2D eigenvalue weighted by atomic mass is 10.0. The number of ketones is 1. The number of aromatic nitrogens is 1. The lowest BCUT2D eigenvalue weighted by molar-refractivity contribution is 0.0599. The molecule has 182 valence electrons. The summed E-state index contributed by atoms with van der Waals surface area (Å²) in [6, 6.07) is 8.99. The molecule has 0 fully saturated rings. The van der Waals surface area contributed by atoms with Crippen LogP contribution in [0.1, 0.15) is 94.3 Å². The van der Waals surface area contributed by atoms with Crippen LogP contribution >= 0.6 is 0 Å². The van der Waals surface area contributed by atoms with E-state index in [9.17, 15) is 19.5 Å². The molecule has 1 aromatic carbocycles. The summed E-state index contributed by atoms with van der Waals surface area (Å²) in [5, 5.41) is 10.2. The molecular formula is C27H33NO6. The van der Waals surface area contributed by atoms with Crippen LogP contribution in [0.3, 0.4) is 0 Å². The molecule has 0 amide bonds. The molecule has 0 bridgehead atoms. The Balaban J connectivity index is 2.13. The summed E-state index contributed by atoms with van der Waals surface area (Å²) < 4.78 is 9.44. The van der Waals surface area contributed by atoms with Gasteiger partial charge in [-0.3, -0.25) is 4.79 Å². The highest BCUT2D eigenvalue weighted by atomic mass is 16.5. The molecule has 2 rings (SSSR count). The number of pyridine rings is 1. The van der Waals surface area contributed by atoms with Gasteiger partial charge in [0, 0.05) is 5.56 Å². The first-order valence-electron chi connectivity index (χ1n) is 11.6. The summed E-state index contributed by atoms with van der Waals surface area (Å²) in [7, 11) is 2.43. The zero-order chi connectivity index (χ0) is 24.9. The zero-order valence-electron chi connectivity index (χ0n) is 20.1. The number of hydrogen-bond donors (Lipinski definition) is 1. The van der Waals surface area contributed by atoms with Crippen molar-refractivity contribution in [1.29, 1.82) is 0 Å². The summed E-state index contributed by atoms with van der Waals surface area (Å²) >= 11 is 0. The number of benzene rings is 1. The minimum absolute atomic E-state index is 0.0580. The van der Waals surface area contributed by atoms with Gasteiger partial charge in [-0.2, -0.15) is 0 Å². The molecule has 1 aromatic heterocycles. The van der Waals surface area contributed by atoms with E-state index < -0.39 is 23.8 Å². The average molecular weight is 468 g/mol. The van der Waals surface area contributed by atoms with E-state index >= 15 is 0 Å². The van der Waals surface area contributed by atoms with Gasteiger partial charge in [-0.1, -0.05) is 57.6 Å². The first-order chi connectivity index (χ1) is 16.4. The fraction of sp³-hybridized carbons (Fsp3) is 0.407. The van der Waals surface area contributed by atoms with Crippen molar-refractivity contribution < 1.29 is 29.0 Å². The van der Waals surface area contributed by atoms with Gasteiger partial charge in [-0.05, 0) is 42.8 Å². The van der Waals surface area contributed by atoms with Crippen LogP contribution in [-0.2, 0) is 9.47 Å². The molecule has 34 heavy (non-hydrogen) atoms. The van der Waals surface area contributed by atoms with Crippen molar-refractivity contribution in [3.63, 3.8) is 0 Å². The molecule has 0 aliphatic rings. The van der Waals surface area contributed by atoms with Crippen LogP contribution in [0.4, 0.5) is 0 Å². The van der Waals surface area contributed by atoms with Crippen LogP contribution in [0.2, 0.25) is 0 Å². The summed E-state index contributed by atoms with van der Waals surface area (Å²) in [4.78, 5) is 41.4. The van der Waals surface area contributed by atoms with E-state index in [0.717, 1.165) is 12.8 Å². The van der Waals surface area contributed by atoms with E-state index in [-0.39, 0.29) is 22.4 Å². The molecule has 0 saturated heterocycles. The van der Waals surface area contributed by atoms with Crippen molar-refractivity contribution in [1.82, 2.24) is 4.98 Å². The normalized spacial score (nSPS) is 11.9. The number of rotatable bonds is 13. The third-order valence-electron chi connectivity index (χ3n) is 5.38. The molecule has 7 nitrogen and oxygen atoms in total. The Morgan fingerprint density at radius 3 is 2.12 bits per heavy atom. The number of aliphatic hydroxyl groups is 1. The maximum absolute atomic E-state index is 13.1. The van der Waals surface area contributed by atoms with Crippen molar-refractivity contribution in [3.8, 4) is 0 Å². The Morgan fingerprint density at radius 2 is 1.50 bits per heavy atom. The second-order valence-electron chi connectivity index (χ2n) is 8.04. The van der Waals surface area contributed by atoms with Crippen LogP contribution in [-0.4, -0.2) is 48.1 Å². The summed E-state index contributed by atoms with van der Waals surface area (Å²) in [6.07, 6.45) is 10.4. The molecule has 0 spiro atoms. The molecule has 0 unspecified atom stereocenters. The Labute approximate surface area is 200 Å². The van der Waals surface area contributed by atoms with Crippen LogP contribution in [0.5, 0.6) is 0 Å². The Kier molecular flexibility index (Phi) is 11.1. The smallest absolute Gasteiger partial charge is 0.337 e.